The molecule has 3 rings (SSSR count). The Morgan fingerprint density at radius 2 is 1.59 bits per heavy atom. The third kappa shape index (κ3) is 5.04. The van der Waals surface area contributed by atoms with Crippen molar-refractivity contribution >= 4 is 17.4 Å². The summed E-state index contributed by atoms with van der Waals surface area (Å²) in [6.07, 6.45) is 4.53. The quantitative estimate of drug-likeness (QED) is 0.769. The molecule has 1 fully saturated rings. The van der Waals surface area contributed by atoms with Gasteiger partial charge in [0.15, 0.2) is 5.78 Å². The van der Waals surface area contributed by atoms with Gasteiger partial charge in [-0.1, -0.05) is 42.5 Å². The van der Waals surface area contributed by atoms with Crippen LogP contribution in [-0.2, 0) is 4.79 Å². The molecule has 4 heteroatoms. The van der Waals surface area contributed by atoms with Crippen molar-refractivity contribution < 1.29 is 9.59 Å². The number of rotatable bonds is 6. The fourth-order valence-electron chi connectivity index (χ4n) is 4.02. The zero-order valence-electron chi connectivity index (χ0n) is 16.2. The van der Waals surface area contributed by atoms with Gasteiger partial charge >= 0.3 is 0 Å². The second-order valence-electron chi connectivity index (χ2n) is 7.48. The van der Waals surface area contributed by atoms with Crippen molar-refractivity contribution in [3.05, 3.63) is 65.7 Å². The maximum Gasteiger partial charge on any atom is 0.238 e. The maximum absolute atomic E-state index is 12.5. The highest BCUT2D eigenvalue weighted by atomic mass is 16.2. The summed E-state index contributed by atoms with van der Waals surface area (Å²) in [6, 6.07) is 18.3. The lowest BCUT2D eigenvalue weighted by Gasteiger charge is -2.34. The van der Waals surface area contributed by atoms with Crippen molar-refractivity contribution in [2.45, 2.75) is 44.6 Å². The normalized spacial score (nSPS) is 19.7. The number of hydrogen-bond acceptors (Lipinski definition) is 3. The number of carbonyl (C=O) groups excluding carboxylic acids is 2. The molecule has 0 spiro atoms. The fraction of sp³-hybridized carbons (Fsp3) is 0.391. The minimum absolute atomic E-state index is 0.0431. The molecule has 0 bridgehead atoms. The molecule has 0 radical (unpaired) electrons. The van der Waals surface area contributed by atoms with E-state index in [1.54, 1.807) is 12.1 Å². The van der Waals surface area contributed by atoms with E-state index < -0.39 is 0 Å². The lowest BCUT2D eigenvalue weighted by molar-refractivity contribution is -0.117. The summed E-state index contributed by atoms with van der Waals surface area (Å²) in [5.41, 5.74) is 2.57. The molecule has 1 amide bonds. The largest absolute Gasteiger partial charge is 0.324 e. The van der Waals surface area contributed by atoms with Gasteiger partial charge in [0.05, 0.1) is 12.2 Å². The zero-order chi connectivity index (χ0) is 19.2. The Balaban J connectivity index is 1.52. The highest BCUT2D eigenvalue weighted by molar-refractivity contribution is 6.04. The average Bonchev–Trinajstić information content (AvgIpc) is 2.69. The van der Waals surface area contributed by atoms with Crippen LogP contribution in [0, 0.1) is 0 Å². The van der Waals surface area contributed by atoms with Crippen LogP contribution in [0.2, 0.25) is 0 Å². The zero-order valence-corrected chi connectivity index (χ0v) is 16.2. The molecule has 142 valence electrons. The molecule has 4 nitrogen and oxygen atoms in total. The van der Waals surface area contributed by atoms with Crippen LogP contribution in [-0.4, -0.2) is 36.2 Å². The Morgan fingerprint density at radius 1 is 0.963 bits per heavy atom. The highest BCUT2D eigenvalue weighted by Crippen LogP contribution is 2.34. The summed E-state index contributed by atoms with van der Waals surface area (Å²) in [5.74, 6) is 0.516. The summed E-state index contributed by atoms with van der Waals surface area (Å²) in [4.78, 5) is 26.3. The summed E-state index contributed by atoms with van der Waals surface area (Å²) in [7, 11) is 2.02. The second-order valence-corrected chi connectivity index (χ2v) is 7.48. The van der Waals surface area contributed by atoms with E-state index in [9.17, 15) is 9.59 Å². The predicted molar refractivity (Wildman–Crippen MR) is 109 cm³/mol. The number of nitrogens with one attached hydrogen (secondary N) is 1. The predicted octanol–water partition coefficient (Wildman–Crippen LogP) is 4.49. The van der Waals surface area contributed by atoms with Crippen LogP contribution in [0.15, 0.2) is 54.6 Å². The SMILES string of the molecule is CC(=O)c1ccccc1NC(=O)CN(C)C1CCC(c2ccccc2)CC1. The average molecular weight is 364 g/mol. The van der Waals surface area contributed by atoms with Crippen LogP contribution in [0.1, 0.15) is 54.4 Å². The van der Waals surface area contributed by atoms with Crippen LogP contribution in [0.25, 0.3) is 0 Å². The molecular formula is C23H28N2O2. The Bertz CT molecular complexity index is 780. The first kappa shape index (κ1) is 19.3. The second kappa shape index (κ2) is 8.96. The van der Waals surface area contributed by atoms with E-state index >= 15 is 0 Å². The lowest BCUT2D eigenvalue weighted by atomic mass is 9.81. The van der Waals surface area contributed by atoms with E-state index in [-0.39, 0.29) is 11.7 Å². The first-order chi connectivity index (χ1) is 13.0. The number of benzene rings is 2. The molecule has 0 unspecified atom stereocenters. The molecule has 0 aromatic heterocycles. The maximum atomic E-state index is 12.5. The van der Waals surface area contributed by atoms with Gasteiger partial charge in [-0.05, 0) is 63.3 Å². The highest BCUT2D eigenvalue weighted by Gasteiger charge is 2.26. The number of Topliss-reactive ketones (excluding diaryl/α,β-unsaturated/α-hetero) is 1. The van der Waals surface area contributed by atoms with Crippen LogP contribution in [0.5, 0.6) is 0 Å². The number of ketones is 1. The van der Waals surface area contributed by atoms with Crippen LogP contribution < -0.4 is 5.32 Å². The third-order valence-corrected chi connectivity index (χ3v) is 5.56. The molecule has 1 aliphatic rings. The number of hydrogen-bond donors (Lipinski definition) is 1. The number of amides is 1. The first-order valence-corrected chi connectivity index (χ1v) is 9.69. The Hall–Kier alpha value is -2.46. The van der Waals surface area contributed by atoms with E-state index in [1.165, 1.54) is 12.5 Å². The molecule has 1 N–H and O–H groups in total. The molecule has 0 heterocycles. The van der Waals surface area contributed by atoms with E-state index in [0.29, 0.717) is 29.8 Å². The molecule has 2 aromatic carbocycles. The van der Waals surface area contributed by atoms with E-state index in [4.69, 9.17) is 0 Å². The van der Waals surface area contributed by atoms with Crippen LogP contribution >= 0.6 is 0 Å². The van der Waals surface area contributed by atoms with E-state index in [2.05, 4.69) is 40.5 Å². The van der Waals surface area contributed by atoms with Gasteiger partial charge in [0, 0.05) is 11.6 Å². The number of para-hydroxylation sites is 1. The Kier molecular flexibility index (Phi) is 6.40. The van der Waals surface area contributed by atoms with Crippen molar-refractivity contribution in [1.29, 1.82) is 0 Å². The number of nitrogens with zero attached hydrogens (tertiary/aromatic N) is 1. The van der Waals surface area contributed by atoms with Gasteiger partial charge in [-0.2, -0.15) is 0 Å². The van der Waals surface area contributed by atoms with Crippen LogP contribution in [0.3, 0.4) is 0 Å². The van der Waals surface area contributed by atoms with Crippen molar-refractivity contribution in [2.24, 2.45) is 0 Å². The minimum Gasteiger partial charge on any atom is -0.324 e. The topological polar surface area (TPSA) is 49.4 Å². The van der Waals surface area contributed by atoms with E-state index in [1.807, 2.05) is 19.2 Å². The molecule has 0 saturated heterocycles. The fourth-order valence-corrected chi connectivity index (χ4v) is 4.02. The van der Waals surface area contributed by atoms with Crippen molar-refractivity contribution in [3.8, 4) is 0 Å². The van der Waals surface area contributed by atoms with Gasteiger partial charge < -0.3 is 5.32 Å². The monoisotopic (exact) mass is 364 g/mol. The molecule has 1 aliphatic carbocycles. The summed E-state index contributed by atoms with van der Waals surface area (Å²) in [6.45, 7) is 1.86. The number of anilines is 1. The molecule has 2 aromatic rings. The lowest BCUT2D eigenvalue weighted by Crippen LogP contribution is -2.40. The van der Waals surface area contributed by atoms with E-state index in [0.717, 1.165) is 25.7 Å². The van der Waals surface area contributed by atoms with Gasteiger partial charge in [-0.3, -0.25) is 14.5 Å². The van der Waals surface area contributed by atoms with Gasteiger partial charge in [-0.25, -0.2) is 0 Å². The molecule has 27 heavy (non-hydrogen) atoms. The first-order valence-electron chi connectivity index (χ1n) is 9.69. The van der Waals surface area contributed by atoms with Gasteiger partial charge in [0.2, 0.25) is 5.91 Å². The molecule has 0 aliphatic heterocycles. The van der Waals surface area contributed by atoms with Gasteiger partial charge in [0.1, 0.15) is 0 Å². The Labute approximate surface area is 161 Å². The molecule has 0 atom stereocenters. The smallest absolute Gasteiger partial charge is 0.238 e. The van der Waals surface area contributed by atoms with Crippen molar-refractivity contribution in [3.63, 3.8) is 0 Å². The number of carbonyl (C=O) groups is 2. The summed E-state index contributed by atoms with van der Waals surface area (Å²) < 4.78 is 0. The van der Waals surface area contributed by atoms with Gasteiger partial charge in [-0.15, -0.1) is 0 Å². The van der Waals surface area contributed by atoms with Crippen molar-refractivity contribution in [2.75, 3.05) is 18.9 Å². The standard InChI is InChI=1S/C23H28N2O2/c1-17(26)21-10-6-7-11-22(21)24-23(27)16-25(2)20-14-12-19(13-15-20)18-8-4-3-5-9-18/h3-11,19-20H,12-16H2,1-2H3,(H,24,27). The Morgan fingerprint density at radius 3 is 2.26 bits per heavy atom. The van der Waals surface area contributed by atoms with Crippen molar-refractivity contribution in [1.82, 2.24) is 4.90 Å². The van der Waals surface area contributed by atoms with Gasteiger partial charge in [0.25, 0.3) is 0 Å². The minimum atomic E-state index is -0.0728. The third-order valence-electron chi connectivity index (χ3n) is 5.56. The molecular weight excluding hydrogens is 336 g/mol. The molecule has 1 saturated carbocycles. The van der Waals surface area contributed by atoms with Crippen LogP contribution in [0.4, 0.5) is 5.69 Å². The number of likely N-dealkylation sites (N-methyl/N-ethyl adjacent to an activating group) is 1. The summed E-state index contributed by atoms with van der Waals surface area (Å²) >= 11 is 0. The summed E-state index contributed by atoms with van der Waals surface area (Å²) in [5, 5.41) is 2.90.